The number of ether oxygens (including phenoxy) is 1. The maximum atomic E-state index is 6.05. The van der Waals surface area contributed by atoms with Crippen LogP contribution in [0.15, 0.2) is 42.7 Å². The normalized spacial score (nSPS) is 12.0. The van der Waals surface area contributed by atoms with E-state index >= 15 is 0 Å². The molecule has 1 unspecified atom stereocenters. The molecular formula is C18H24N2O. The van der Waals surface area contributed by atoms with E-state index in [2.05, 4.69) is 43.2 Å². The number of nitrogens with one attached hydrogen (secondary N) is 1. The Balaban J connectivity index is 2.18. The van der Waals surface area contributed by atoms with Gasteiger partial charge in [-0.2, -0.15) is 0 Å². The molecule has 1 aromatic carbocycles. The van der Waals surface area contributed by atoms with Crippen molar-refractivity contribution in [1.82, 2.24) is 4.98 Å². The molecule has 0 amide bonds. The molecule has 0 bridgehead atoms. The van der Waals surface area contributed by atoms with Crippen molar-refractivity contribution in [2.45, 2.75) is 39.5 Å². The van der Waals surface area contributed by atoms with Gasteiger partial charge in [-0.15, -0.1) is 0 Å². The Labute approximate surface area is 127 Å². The van der Waals surface area contributed by atoms with Gasteiger partial charge in [0.05, 0.1) is 18.1 Å². The largest absolute Gasteiger partial charge is 0.455 e. The second kappa shape index (κ2) is 7.67. The molecule has 0 saturated carbocycles. The number of nitrogens with zero attached hydrogens (tertiary/aromatic N) is 1. The predicted octanol–water partition coefficient (Wildman–Crippen LogP) is 5.21. The smallest absolute Gasteiger partial charge is 0.147 e. The summed E-state index contributed by atoms with van der Waals surface area (Å²) in [5.74, 6) is 2.17. The number of benzene rings is 1. The van der Waals surface area contributed by atoms with Crippen LogP contribution in [0.5, 0.6) is 11.5 Å². The molecule has 1 N–H and O–H groups in total. The van der Waals surface area contributed by atoms with Crippen LogP contribution < -0.4 is 10.1 Å². The van der Waals surface area contributed by atoms with Crippen molar-refractivity contribution >= 4 is 5.69 Å². The van der Waals surface area contributed by atoms with E-state index in [9.17, 15) is 0 Å². The van der Waals surface area contributed by atoms with Crippen LogP contribution in [0.25, 0.3) is 0 Å². The van der Waals surface area contributed by atoms with Gasteiger partial charge in [-0.3, -0.25) is 4.98 Å². The van der Waals surface area contributed by atoms with Gasteiger partial charge < -0.3 is 10.1 Å². The number of hydrogen-bond donors (Lipinski definition) is 1. The van der Waals surface area contributed by atoms with E-state index in [4.69, 9.17) is 4.74 Å². The molecule has 21 heavy (non-hydrogen) atoms. The van der Waals surface area contributed by atoms with Crippen LogP contribution in [0.4, 0.5) is 5.69 Å². The van der Waals surface area contributed by atoms with Crippen LogP contribution in [0.3, 0.4) is 0 Å². The molecule has 1 heterocycles. The Morgan fingerprint density at radius 1 is 1.19 bits per heavy atom. The number of anilines is 1. The fourth-order valence-corrected chi connectivity index (χ4v) is 2.17. The molecule has 1 atom stereocenters. The van der Waals surface area contributed by atoms with Gasteiger partial charge >= 0.3 is 0 Å². The molecule has 0 spiro atoms. The minimum Gasteiger partial charge on any atom is -0.455 e. The summed E-state index contributed by atoms with van der Waals surface area (Å²) in [6.45, 7) is 7.50. The SMILES string of the molecule is CCCNc1cncc(Oc2ccccc2C(C)CC)c1. The molecule has 112 valence electrons. The molecule has 0 aliphatic rings. The van der Waals surface area contributed by atoms with Crippen molar-refractivity contribution in [3.05, 3.63) is 48.3 Å². The molecule has 3 heteroatoms. The first kappa shape index (κ1) is 15.4. The quantitative estimate of drug-likeness (QED) is 0.758. The molecule has 0 aliphatic carbocycles. The Morgan fingerprint density at radius 2 is 2.00 bits per heavy atom. The zero-order valence-electron chi connectivity index (χ0n) is 13.1. The molecule has 0 radical (unpaired) electrons. The topological polar surface area (TPSA) is 34.2 Å². The zero-order chi connectivity index (χ0) is 15.1. The average molecular weight is 284 g/mol. The summed E-state index contributed by atoms with van der Waals surface area (Å²) in [7, 11) is 0. The second-order valence-corrected chi connectivity index (χ2v) is 5.29. The van der Waals surface area contributed by atoms with Crippen LogP contribution in [-0.2, 0) is 0 Å². The van der Waals surface area contributed by atoms with Crippen molar-refractivity contribution in [3.8, 4) is 11.5 Å². The van der Waals surface area contributed by atoms with E-state index < -0.39 is 0 Å². The maximum absolute atomic E-state index is 6.05. The highest BCUT2D eigenvalue weighted by Gasteiger charge is 2.10. The van der Waals surface area contributed by atoms with E-state index in [0.717, 1.165) is 36.6 Å². The van der Waals surface area contributed by atoms with Crippen LogP contribution in [0.2, 0.25) is 0 Å². The molecule has 0 aliphatic heterocycles. The van der Waals surface area contributed by atoms with E-state index in [1.807, 2.05) is 24.4 Å². The van der Waals surface area contributed by atoms with Gasteiger partial charge in [0.25, 0.3) is 0 Å². The minimum atomic E-state index is 0.482. The van der Waals surface area contributed by atoms with Crippen molar-refractivity contribution in [2.24, 2.45) is 0 Å². The molecule has 0 fully saturated rings. The third-order valence-corrected chi connectivity index (χ3v) is 3.58. The number of para-hydroxylation sites is 1. The third-order valence-electron chi connectivity index (χ3n) is 3.58. The Bertz CT molecular complexity index is 569. The summed E-state index contributed by atoms with van der Waals surface area (Å²) >= 11 is 0. The van der Waals surface area contributed by atoms with Crippen molar-refractivity contribution in [2.75, 3.05) is 11.9 Å². The highest BCUT2D eigenvalue weighted by Crippen LogP contribution is 2.32. The van der Waals surface area contributed by atoms with E-state index in [1.54, 1.807) is 6.20 Å². The summed E-state index contributed by atoms with van der Waals surface area (Å²) in [6, 6.07) is 10.2. The second-order valence-electron chi connectivity index (χ2n) is 5.29. The van der Waals surface area contributed by atoms with Crippen LogP contribution in [-0.4, -0.2) is 11.5 Å². The van der Waals surface area contributed by atoms with Crippen LogP contribution >= 0.6 is 0 Å². The van der Waals surface area contributed by atoms with Crippen LogP contribution in [0.1, 0.15) is 45.1 Å². The zero-order valence-corrected chi connectivity index (χ0v) is 13.1. The predicted molar refractivity (Wildman–Crippen MR) is 88.2 cm³/mol. The number of aromatic nitrogens is 1. The van der Waals surface area contributed by atoms with Crippen molar-refractivity contribution < 1.29 is 4.74 Å². The molecular weight excluding hydrogens is 260 g/mol. The standard InChI is InChI=1S/C18H24N2O/c1-4-10-20-15-11-16(13-19-12-15)21-18-9-7-6-8-17(18)14(3)5-2/h6-9,11-14,20H,4-5,10H2,1-3H3. The molecule has 2 aromatic rings. The summed E-state index contributed by atoms with van der Waals surface area (Å²) in [5.41, 5.74) is 2.24. The van der Waals surface area contributed by atoms with Gasteiger partial charge in [-0.05, 0) is 30.4 Å². The van der Waals surface area contributed by atoms with Gasteiger partial charge in [0.15, 0.2) is 0 Å². The summed E-state index contributed by atoms with van der Waals surface area (Å²) in [5, 5.41) is 3.33. The van der Waals surface area contributed by atoms with Gasteiger partial charge in [0.2, 0.25) is 0 Å². The number of hydrogen-bond acceptors (Lipinski definition) is 3. The summed E-state index contributed by atoms with van der Waals surface area (Å²) in [6.07, 6.45) is 5.76. The first-order chi connectivity index (χ1) is 10.2. The third kappa shape index (κ3) is 4.22. The van der Waals surface area contributed by atoms with Gasteiger partial charge in [-0.1, -0.05) is 39.0 Å². The number of pyridine rings is 1. The highest BCUT2D eigenvalue weighted by molar-refractivity contribution is 5.47. The van der Waals surface area contributed by atoms with E-state index in [-0.39, 0.29) is 0 Å². The van der Waals surface area contributed by atoms with Gasteiger partial charge in [0, 0.05) is 12.6 Å². The monoisotopic (exact) mass is 284 g/mol. The minimum absolute atomic E-state index is 0.482. The van der Waals surface area contributed by atoms with Crippen molar-refractivity contribution in [3.63, 3.8) is 0 Å². The van der Waals surface area contributed by atoms with Gasteiger partial charge in [0.1, 0.15) is 11.5 Å². The maximum Gasteiger partial charge on any atom is 0.147 e. The fourth-order valence-electron chi connectivity index (χ4n) is 2.17. The molecule has 0 saturated heterocycles. The first-order valence-electron chi connectivity index (χ1n) is 7.70. The number of rotatable bonds is 7. The molecule has 1 aromatic heterocycles. The Kier molecular flexibility index (Phi) is 5.61. The van der Waals surface area contributed by atoms with E-state index in [0.29, 0.717) is 5.92 Å². The molecule has 3 nitrogen and oxygen atoms in total. The first-order valence-corrected chi connectivity index (χ1v) is 7.70. The Morgan fingerprint density at radius 3 is 2.76 bits per heavy atom. The fraction of sp³-hybridized carbons (Fsp3) is 0.389. The lowest BCUT2D eigenvalue weighted by atomic mass is 9.98. The highest BCUT2D eigenvalue weighted by atomic mass is 16.5. The summed E-state index contributed by atoms with van der Waals surface area (Å²) in [4.78, 5) is 4.24. The lowest BCUT2D eigenvalue weighted by molar-refractivity contribution is 0.468. The van der Waals surface area contributed by atoms with Crippen molar-refractivity contribution in [1.29, 1.82) is 0 Å². The molecule has 2 rings (SSSR count). The average Bonchev–Trinajstić information content (AvgIpc) is 2.53. The lowest BCUT2D eigenvalue weighted by Crippen LogP contribution is -2.00. The van der Waals surface area contributed by atoms with Crippen LogP contribution in [0, 0.1) is 0 Å². The van der Waals surface area contributed by atoms with Gasteiger partial charge in [-0.25, -0.2) is 0 Å². The Hall–Kier alpha value is -2.03. The van der Waals surface area contributed by atoms with E-state index in [1.165, 1.54) is 5.56 Å². The lowest BCUT2D eigenvalue weighted by Gasteiger charge is -2.15. The summed E-state index contributed by atoms with van der Waals surface area (Å²) < 4.78 is 6.05.